The largest absolute Gasteiger partial charge is 0.508 e. The molecular formula is C10H10O6. The van der Waals surface area contributed by atoms with E-state index in [9.17, 15) is 9.59 Å². The van der Waals surface area contributed by atoms with Gasteiger partial charge in [-0.25, -0.2) is 9.59 Å². The average molecular weight is 226 g/mol. The number of carbonyl (C=O) groups excluding carboxylic acids is 1. The van der Waals surface area contributed by atoms with Gasteiger partial charge in [0.2, 0.25) is 0 Å². The number of carboxylic acids is 1. The Morgan fingerprint density at radius 3 is 2.62 bits per heavy atom. The molecule has 6 heteroatoms. The number of hydrogen-bond donors (Lipinski definition) is 2. The zero-order chi connectivity index (χ0) is 12.0. The van der Waals surface area contributed by atoms with E-state index in [0.717, 1.165) is 0 Å². The number of aromatic hydroxyl groups is 1. The summed E-state index contributed by atoms with van der Waals surface area (Å²) in [6.45, 7) is -1.02. The van der Waals surface area contributed by atoms with E-state index in [1.54, 1.807) is 0 Å². The summed E-state index contributed by atoms with van der Waals surface area (Å²) < 4.78 is 9.28. The minimum atomic E-state index is -1.16. The summed E-state index contributed by atoms with van der Waals surface area (Å²) in [4.78, 5) is 21.2. The maximum Gasteiger partial charge on any atom is 0.337 e. The molecule has 0 fully saturated rings. The van der Waals surface area contributed by atoms with Crippen molar-refractivity contribution < 1.29 is 29.3 Å². The first-order chi connectivity index (χ1) is 7.58. The summed E-state index contributed by atoms with van der Waals surface area (Å²) in [6, 6.07) is 5.68. The van der Waals surface area contributed by atoms with Crippen LogP contribution in [0.1, 0.15) is 0 Å². The fraction of sp³-hybridized carbons (Fsp3) is 0.200. The summed E-state index contributed by atoms with van der Waals surface area (Å²) in [5.74, 6) is -1.75. The fourth-order valence-electron chi connectivity index (χ4n) is 0.930. The van der Waals surface area contributed by atoms with E-state index in [2.05, 4.69) is 4.74 Å². The smallest absolute Gasteiger partial charge is 0.337 e. The van der Waals surface area contributed by atoms with Crippen molar-refractivity contribution in [2.45, 2.75) is 0 Å². The van der Waals surface area contributed by atoms with E-state index < -0.39 is 25.2 Å². The van der Waals surface area contributed by atoms with Crippen LogP contribution in [0, 0.1) is 0 Å². The van der Waals surface area contributed by atoms with Crippen molar-refractivity contribution in [3.05, 3.63) is 24.3 Å². The molecule has 0 aliphatic heterocycles. The lowest BCUT2D eigenvalue weighted by Gasteiger charge is -2.04. The van der Waals surface area contributed by atoms with E-state index in [1.807, 2.05) is 0 Å². The first-order valence-corrected chi connectivity index (χ1v) is 4.37. The molecule has 0 aliphatic rings. The van der Waals surface area contributed by atoms with Gasteiger partial charge < -0.3 is 19.7 Å². The quantitative estimate of drug-likeness (QED) is 0.557. The lowest BCUT2D eigenvalue weighted by Crippen LogP contribution is -2.18. The van der Waals surface area contributed by atoms with Crippen molar-refractivity contribution in [3.63, 3.8) is 0 Å². The zero-order valence-corrected chi connectivity index (χ0v) is 8.25. The van der Waals surface area contributed by atoms with Crippen molar-refractivity contribution in [1.29, 1.82) is 0 Å². The molecule has 0 saturated heterocycles. The highest BCUT2D eigenvalue weighted by atomic mass is 16.6. The first kappa shape index (κ1) is 12.0. The van der Waals surface area contributed by atoms with Crippen LogP contribution >= 0.6 is 0 Å². The third-order valence-corrected chi connectivity index (χ3v) is 1.49. The lowest BCUT2D eigenvalue weighted by molar-refractivity contribution is -0.147. The maximum atomic E-state index is 11.1. The Kier molecular flexibility index (Phi) is 4.28. The Labute approximate surface area is 91.0 Å². The Morgan fingerprint density at radius 1 is 1.25 bits per heavy atom. The highest BCUT2D eigenvalue weighted by Crippen LogP contribution is 2.17. The molecule has 16 heavy (non-hydrogen) atoms. The summed E-state index contributed by atoms with van der Waals surface area (Å²) in [7, 11) is 0. The molecule has 6 nitrogen and oxygen atoms in total. The fourth-order valence-corrected chi connectivity index (χ4v) is 0.930. The average Bonchev–Trinajstić information content (AvgIpc) is 2.16. The number of carboxylic acid groups (broad SMARTS) is 1. The normalized spacial score (nSPS) is 9.75. The molecule has 0 bridgehead atoms. The van der Waals surface area contributed by atoms with Crippen molar-refractivity contribution in [1.82, 2.24) is 0 Å². The second kappa shape index (κ2) is 5.72. The van der Waals surface area contributed by atoms with Gasteiger partial charge in [-0.05, 0) is 12.1 Å². The van der Waals surface area contributed by atoms with E-state index in [1.165, 1.54) is 24.3 Å². The number of hydrogen-bond acceptors (Lipinski definition) is 5. The second-order valence-corrected chi connectivity index (χ2v) is 2.86. The highest BCUT2D eigenvalue weighted by Gasteiger charge is 2.06. The van der Waals surface area contributed by atoms with Gasteiger partial charge in [-0.3, -0.25) is 0 Å². The molecule has 0 saturated carbocycles. The number of phenolic OH excluding ortho intramolecular Hbond substituents is 1. The van der Waals surface area contributed by atoms with Crippen LogP contribution in [0.4, 0.5) is 0 Å². The summed E-state index contributed by atoms with van der Waals surface area (Å²) in [5, 5.41) is 17.3. The number of carbonyl (C=O) groups is 2. The predicted octanol–water partition coefficient (Wildman–Crippen LogP) is 0.399. The van der Waals surface area contributed by atoms with Crippen LogP contribution in [0.15, 0.2) is 24.3 Å². The third kappa shape index (κ3) is 4.43. The number of aliphatic carboxylic acids is 1. The van der Waals surface area contributed by atoms with Gasteiger partial charge in [0.15, 0.2) is 0 Å². The molecule has 0 atom stereocenters. The van der Waals surface area contributed by atoms with E-state index >= 15 is 0 Å². The minimum absolute atomic E-state index is 0.0308. The van der Waals surface area contributed by atoms with Crippen molar-refractivity contribution in [2.75, 3.05) is 13.2 Å². The first-order valence-electron chi connectivity index (χ1n) is 4.37. The number of benzene rings is 1. The molecule has 1 rings (SSSR count). The van der Waals surface area contributed by atoms with E-state index in [-0.39, 0.29) is 11.5 Å². The molecule has 1 aromatic carbocycles. The van der Waals surface area contributed by atoms with Crippen LogP contribution in [0.5, 0.6) is 11.5 Å². The third-order valence-electron chi connectivity index (χ3n) is 1.49. The topological polar surface area (TPSA) is 93.1 Å². The maximum absolute atomic E-state index is 11.1. The molecule has 0 aromatic heterocycles. The predicted molar refractivity (Wildman–Crippen MR) is 52.2 cm³/mol. The standard InChI is InChI=1S/C10H10O6/c11-7-2-1-3-8(4-7)16-10(14)6-15-5-9(12)13/h1-4,11H,5-6H2,(H,12,13). The Bertz CT molecular complexity index is 387. The summed E-state index contributed by atoms with van der Waals surface area (Å²) in [6.07, 6.45) is 0. The number of ether oxygens (including phenoxy) is 2. The van der Waals surface area contributed by atoms with Gasteiger partial charge in [0.05, 0.1) is 0 Å². The summed E-state index contributed by atoms with van der Waals surface area (Å²) in [5.41, 5.74) is 0. The summed E-state index contributed by atoms with van der Waals surface area (Å²) >= 11 is 0. The molecule has 0 spiro atoms. The molecule has 1 aromatic rings. The van der Waals surface area contributed by atoms with Crippen LogP contribution in [0.25, 0.3) is 0 Å². The minimum Gasteiger partial charge on any atom is -0.508 e. The van der Waals surface area contributed by atoms with Gasteiger partial charge in [0, 0.05) is 6.07 Å². The van der Waals surface area contributed by atoms with Crippen LogP contribution in [-0.2, 0) is 14.3 Å². The molecule has 0 amide bonds. The molecule has 0 radical (unpaired) electrons. The Hall–Kier alpha value is -2.08. The van der Waals surface area contributed by atoms with E-state index in [4.69, 9.17) is 14.9 Å². The SMILES string of the molecule is O=C(O)COCC(=O)Oc1cccc(O)c1. The number of phenols is 1. The molecule has 0 heterocycles. The van der Waals surface area contributed by atoms with Crippen molar-refractivity contribution in [3.8, 4) is 11.5 Å². The van der Waals surface area contributed by atoms with Gasteiger partial charge in [0.25, 0.3) is 0 Å². The monoisotopic (exact) mass is 226 g/mol. The van der Waals surface area contributed by atoms with Crippen molar-refractivity contribution in [2.24, 2.45) is 0 Å². The molecule has 0 aliphatic carbocycles. The van der Waals surface area contributed by atoms with Gasteiger partial charge in [-0.15, -0.1) is 0 Å². The van der Waals surface area contributed by atoms with Crippen LogP contribution in [0.2, 0.25) is 0 Å². The second-order valence-electron chi connectivity index (χ2n) is 2.86. The van der Waals surface area contributed by atoms with Gasteiger partial charge in [-0.1, -0.05) is 6.07 Å². The van der Waals surface area contributed by atoms with Crippen LogP contribution in [-0.4, -0.2) is 35.4 Å². The van der Waals surface area contributed by atoms with Crippen LogP contribution < -0.4 is 4.74 Å². The van der Waals surface area contributed by atoms with Gasteiger partial charge in [0.1, 0.15) is 24.7 Å². The highest BCUT2D eigenvalue weighted by molar-refractivity contribution is 5.74. The molecule has 2 N–H and O–H groups in total. The Morgan fingerprint density at radius 2 is 2.00 bits per heavy atom. The van der Waals surface area contributed by atoms with Crippen molar-refractivity contribution >= 4 is 11.9 Å². The Balaban J connectivity index is 2.37. The van der Waals surface area contributed by atoms with Gasteiger partial charge >= 0.3 is 11.9 Å². The molecule has 0 unspecified atom stereocenters. The number of esters is 1. The molecular weight excluding hydrogens is 216 g/mol. The zero-order valence-electron chi connectivity index (χ0n) is 8.25. The lowest BCUT2D eigenvalue weighted by atomic mass is 10.3. The molecule has 86 valence electrons. The van der Waals surface area contributed by atoms with Gasteiger partial charge in [-0.2, -0.15) is 0 Å². The van der Waals surface area contributed by atoms with Crippen LogP contribution in [0.3, 0.4) is 0 Å². The van der Waals surface area contributed by atoms with E-state index in [0.29, 0.717) is 0 Å². The number of rotatable bonds is 5.